The molecule has 0 aliphatic heterocycles. The molecule has 2 fully saturated rings. The Bertz CT molecular complexity index is 1080. The number of hydrogen-bond acceptors (Lipinski definition) is 5. The number of benzene rings is 1. The summed E-state index contributed by atoms with van der Waals surface area (Å²) >= 11 is 0. The maximum Gasteiger partial charge on any atom is 0.224 e. The van der Waals surface area contributed by atoms with Gasteiger partial charge < -0.3 is 20.3 Å². The number of aromatic nitrogens is 3. The lowest BCUT2D eigenvalue weighted by Gasteiger charge is -2.27. The number of aliphatic hydroxyl groups excluding tert-OH is 1. The highest BCUT2D eigenvalue weighted by Gasteiger charge is 2.24. The summed E-state index contributed by atoms with van der Waals surface area (Å²) in [6.45, 7) is 6.45. The minimum absolute atomic E-state index is 0.166. The molecule has 3 N–H and O–H groups in total. The highest BCUT2D eigenvalue weighted by atomic mass is 16.3. The Balaban J connectivity index is 1.43. The second-order valence-corrected chi connectivity index (χ2v) is 10.4. The standard InChI is InChI=1S/C28H39N5O/c1-3-4-19(2)31-28-30-17-25-26(18-33(27(25)32-28)23-11-13-24(34)14-12-23)22-9-7-21(8-10-22)16-29-15-20-5-6-20/h7-10,17-20,23-24,29,34H,3-6,11-16H2,1-2H3,(H,30,31,32)/t19?,23-,24-. The highest BCUT2D eigenvalue weighted by molar-refractivity contribution is 5.94. The minimum atomic E-state index is -0.166. The first-order chi connectivity index (χ1) is 16.6. The average molecular weight is 462 g/mol. The SMILES string of the molecule is CCCC(C)Nc1ncc2c(-c3ccc(CNCC4CC4)cc3)cn([C@H]3CC[C@H](O)CC3)c2n1. The number of aliphatic hydroxyl groups is 1. The van der Waals surface area contributed by atoms with Crippen LogP contribution in [-0.2, 0) is 6.54 Å². The average Bonchev–Trinajstić information content (AvgIpc) is 3.59. The van der Waals surface area contributed by atoms with E-state index in [1.165, 1.54) is 29.5 Å². The van der Waals surface area contributed by atoms with Crippen molar-refractivity contribution in [1.29, 1.82) is 0 Å². The van der Waals surface area contributed by atoms with E-state index in [2.05, 4.69) is 64.5 Å². The second-order valence-electron chi connectivity index (χ2n) is 10.4. The molecular formula is C28H39N5O. The molecule has 182 valence electrons. The van der Waals surface area contributed by atoms with Crippen molar-refractivity contribution in [3.05, 3.63) is 42.2 Å². The predicted molar refractivity (Wildman–Crippen MR) is 139 cm³/mol. The number of rotatable bonds is 10. The molecule has 0 bridgehead atoms. The van der Waals surface area contributed by atoms with Gasteiger partial charge in [0.2, 0.25) is 5.95 Å². The van der Waals surface area contributed by atoms with Crippen molar-refractivity contribution in [2.75, 3.05) is 11.9 Å². The maximum absolute atomic E-state index is 10.0. The molecular weight excluding hydrogens is 422 g/mol. The molecule has 1 aromatic carbocycles. The van der Waals surface area contributed by atoms with E-state index in [1.54, 1.807) is 0 Å². The van der Waals surface area contributed by atoms with Crippen LogP contribution < -0.4 is 10.6 Å². The van der Waals surface area contributed by atoms with Crippen LogP contribution in [0.4, 0.5) is 5.95 Å². The van der Waals surface area contributed by atoms with E-state index < -0.39 is 0 Å². The zero-order chi connectivity index (χ0) is 23.5. The van der Waals surface area contributed by atoms with Crippen LogP contribution in [0.25, 0.3) is 22.2 Å². The van der Waals surface area contributed by atoms with Crippen LogP contribution in [0.2, 0.25) is 0 Å². The summed E-state index contributed by atoms with van der Waals surface area (Å²) in [7, 11) is 0. The van der Waals surface area contributed by atoms with E-state index in [0.717, 1.165) is 68.6 Å². The van der Waals surface area contributed by atoms with Gasteiger partial charge in [-0.1, -0.05) is 37.6 Å². The Morgan fingerprint density at radius 1 is 1.09 bits per heavy atom. The van der Waals surface area contributed by atoms with Gasteiger partial charge >= 0.3 is 0 Å². The minimum Gasteiger partial charge on any atom is -0.393 e. The fourth-order valence-electron chi connectivity index (χ4n) is 5.21. The third kappa shape index (κ3) is 5.44. The Morgan fingerprint density at radius 2 is 1.85 bits per heavy atom. The second kappa shape index (κ2) is 10.4. The molecule has 6 nitrogen and oxygen atoms in total. The molecule has 0 radical (unpaired) electrons. The van der Waals surface area contributed by atoms with Gasteiger partial charge in [0.1, 0.15) is 5.65 Å². The monoisotopic (exact) mass is 461 g/mol. The topological polar surface area (TPSA) is 75.0 Å². The Labute approximate surface area is 203 Å². The van der Waals surface area contributed by atoms with E-state index >= 15 is 0 Å². The first kappa shape index (κ1) is 23.3. The zero-order valence-electron chi connectivity index (χ0n) is 20.6. The lowest BCUT2D eigenvalue weighted by Crippen LogP contribution is -2.21. The van der Waals surface area contributed by atoms with E-state index in [9.17, 15) is 5.11 Å². The largest absolute Gasteiger partial charge is 0.393 e. The smallest absolute Gasteiger partial charge is 0.224 e. The summed E-state index contributed by atoms with van der Waals surface area (Å²) in [6, 6.07) is 9.63. The van der Waals surface area contributed by atoms with Crippen LogP contribution in [0.1, 0.15) is 76.8 Å². The molecule has 2 aliphatic rings. The van der Waals surface area contributed by atoms with Crippen molar-refractivity contribution in [3.63, 3.8) is 0 Å². The molecule has 1 unspecified atom stereocenters. The molecule has 2 heterocycles. The third-order valence-corrected chi connectivity index (χ3v) is 7.45. The summed E-state index contributed by atoms with van der Waals surface area (Å²) in [6.07, 6.45) is 12.7. The number of fused-ring (bicyclic) bond motifs is 1. The molecule has 2 aliphatic carbocycles. The molecule has 2 saturated carbocycles. The van der Waals surface area contributed by atoms with Crippen molar-refractivity contribution in [2.24, 2.45) is 5.92 Å². The van der Waals surface area contributed by atoms with Gasteiger partial charge in [-0.25, -0.2) is 4.98 Å². The molecule has 1 atom stereocenters. The fourth-order valence-corrected chi connectivity index (χ4v) is 5.21. The molecule has 3 aromatic rings. The van der Waals surface area contributed by atoms with Gasteiger partial charge in [-0.15, -0.1) is 0 Å². The van der Waals surface area contributed by atoms with Crippen LogP contribution in [0.15, 0.2) is 36.7 Å². The van der Waals surface area contributed by atoms with E-state index in [0.29, 0.717) is 18.0 Å². The number of anilines is 1. The fraction of sp³-hybridized carbons (Fsp3) is 0.571. The van der Waals surface area contributed by atoms with Crippen molar-refractivity contribution < 1.29 is 5.11 Å². The summed E-state index contributed by atoms with van der Waals surface area (Å²) in [5, 5.41) is 18.2. The van der Waals surface area contributed by atoms with Crippen molar-refractivity contribution in [2.45, 2.75) is 89.9 Å². The molecule has 2 aromatic heterocycles. The predicted octanol–water partition coefficient (Wildman–Crippen LogP) is 5.67. The summed E-state index contributed by atoms with van der Waals surface area (Å²) in [5.74, 6) is 1.60. The summed E-state index contributed by atoms with van der Waals surface area (Å²) < 4.78 is 2.35. The summed E-state index contributed by atoms with van der Waals surface area (Å²) in [5.41, 5.74) is 4.70. The van der Waals surface area contributed by atoms with Crippen molar-refractivity contribution in [1.82, 2.24) is 19.9 Å². The quantitative estimate of drug-likeness (QED) is 0.362. The van der Waals surface area contributed by atoms with Crippen LogP contribution in [0.3, 0.4) is 0 Å². The van der Waals surface area contributed by atoms with E-state index in [1.807, 2.05) is 6.20 Å². The normalized spacial score (nSPS) is 21.6. The number of hydrogen-bond donors (Lipinski definition) is 3. The number of nitrogens with zero attached hydrogens (tertiary/aromatic N) is 3. The Kier molecular flexibility index (Phi) is 7.16. The van der Waals surface area contributed by atoms with Crippen LogP contribution >= 0.6 is 0 Å². The van der Waals surface area contributed by atoms with Gasteiger partial charge in [-0.05, 0) is 75.5 Å². The lowest BCUT2D eigenvalue weighted by atomic mass is 9.93. The molecule has 6 heteroatoms. The van der Waals surface area contributed by atoms with Gasteiger partial charge in [-0.3, -0.25) is 0 Å². The van der Waals surface area contributed by atoms with Crippen LogP contribution in [0.5, 0.6) is 0 Å². The molecule has 0 amide bonds. The van der Waals surface area contributed by atoms with Gasteiger partial charge in [-0.2, -0.15) is 4.98 Å². The summed E-state index contributed by atoms with van der Waals surface area (Å²) in [4.78, 5) is 9.67. The van der Waals surface area contributed by atoms with Gasteiger partial charge in [0.15, 0.2) is 0 Å². The molecule has 5 rings (SSSR count). The Hall–Kier alpha value is -2.44. The molecule has 0 spiro atoms. The third-order valence-electron chi connectivity index (χ3n) is 7.45. The van der Waals surface area contributed by atoms with Gasteiger partial charge in [0.05, 0.1) is 6.10 Å². The van der Waals surface area contributed by atoms with Gasteiger partial charge in [0, 0.05) is 42.0 Å². The first-order valence-electron chi connectivity index (χ1n) is 13.2. The molecule has 0 saturated heterocycles. The van der Waals surface area contributed by atoms with E-state index in [4.69, 9.17) is 4.98 Å². The van der Waals surface area contributed by atoms with E-state index in [-0.39, 0.29) is 6.10 Å². The molecule has 34 heavy (non-hydrogen) atoms. The lowest BCUT2D eigenvalue weighted by molar-refractivity contribution is 0.111. The van der Waals surface area contributed by atoms with Crippen molar-refractivity contribution >= 4 is 17.0 Å². The van der Waals surface area contributed by atoms with Crippen LogP contribution in [-0.4, -0.2) is 38.3 Å². The van der Waals surface area contributed by atoms with Gasteiger partial charge in [0.25, 0.3) is 0 Å². The zero-order valence-corrected chi connectivity index (χ0v) is 20.6. The van der Waals surface area contributed by atoms with Crippen LogP contribution in [0, 0.1) is 5.92 Å². The highest BCUT2D eigenvalue weighted by Crippen LogP contribution is 2.37. The maximum atomic E-state index is 10.0. The Morgan fingerprint density at radius 3 is 2.56 bits per heavy atom. The number of nitrogens with one attached hydrogen (secondary N) is 2. The van der Waals surface area contributed by atoms with Crippen molar-refractivity contribution in [3.8, 4) is 11.1 Å². The first-order valence-corrected chi connectivity index (χ1v) is 13.2.